The second kappa shape index (κ2) is 6.37. The molecule has 2 amide bonds. The van der Waals surface area contributed by atoms with E-state index >= 15 is 0 Å². The molecule has 0 atom stereocenters. The molecule has 0 saturated carbocycles. The van der Waals surface area contributed by atoms with E-state index in [1.54, 1.807) is 24.3 Å². The lowest BCUT2D eigenvalue weighted by molar-refractivity contribution is -0.127. The van der Waals surface area contributed by atoms with E-state index in [1.807, 2.05) is 0 Å². The normalized spacial score (nSPS) is 9.47. The molecule has 0 heterocycles. The van der Waals surface area contributed by atoms with Crippen LogP contribution in [0.5, 0.6) is 5.75 Å². The lowest BCUT2D eigenvalue weighted by Gasteiger charge is -2.07. The molecule has 0 aliphatic heterocycles. The van der Waals surface area contributed by atoms with Crippen LogP contribution in [0.3, 0.4) is 0 Å². The zero-order chi connectivity index (χ0) is 12.7. The second-order valence-corrected chi connectivity index (χ2v) is 3.31. The van der Waals surface area contributed by atoms with E-state index in [0.717, 1.165) is 0 Å². The molecule has 0 aromatic heterocycles. The molecule has 0 unspecified atom stereocenters. The number of hydrogen-bond donors (Lipinski definition) is 3. The van der Waals surface area contributed by atoms with E-state index in [2.05, 4.69) is 10.6 Å². The maximum Gasteiger partial charge on any atom is 0.258 e. The molecule has 6 heteroatoms. The van der Waals surface area contributed by atoms with Gasteiger partial charge in [0, 0.05) is 18.8 Å². The fourth-order valence-electron chi connectivity index (χ4n) is 1.07. The lowest BCUT2D eigenvalue weighted by atomic mass is 10.3. The van der Waals surface area contributed by atoms with Gasteiger partial charge < -0.3 is 21.1 Å². The number of nitrogen functional groups attached to an aromatic ring is 1. The van der Waals surface area contributed by atoms with Crippen molar-refractivity contribution in [3.8, 4) is 5.75 Å². The maximum absolute atomic E-state index is 11.3. The Morgan fingerprint density at radius 2 is 2.12 bits per heavy atom. The fourth-order valence-corrected chi connectivity index (χ4v) is 1.07. The standard InChI is InChI=1S/C11H15N3O3/c1-13-10(15)6-14-11(16)7-17-9-4-2-3-8(12)5-9/h2-5H,6-7,12H2,1H3,(H,13,15)(H,14,16). The van der Waals surface area contributed by atoms with E-state index in [0.29, 0.717) is 11.4 Å². The highest BCUT2D eigenvalue weighted by Crippen LogP contribution is 2.13. The van der Waals surface area contributed by atoms with Crippen LogP contribution >= 0.6 is 0 Å². The highest BCUT2D eigenvalue weighted by molar-refractivity contribution is 5.85. The Balaban J connectivity index is 2.31. The quantitative estimate of drug-likeness (QED) is 0.602. The first-order valence-electron chi connectivity index (χ1n) is 5.07. The summed E-state index contributed by atoms with van der Waals surface area (Å²) in [5, 5.41) is 4.80. The molecule has 6 nitrogen and oxygen atoms in total. The summed E-state index contributed by atoms with van der Waals surface area (Å²) >= 11 is 0. The monoisotopic (exact) mass is 237 g/mol. The highest BCUT2D eigenvalue weighted by Gasteiger charge is 2.04. The number of rotatable bonds is 5. The third kappa shape index (κ3) is 4.87. The van der Waals surface area contributed by atoms with Crippen molar-refractivity contribution in [3.63, 3.8) is 0 Å². The summed E-state index contributed by atoms with van der Waals surface area (Å²) in [5.41, 5.74) is 6.11. The van der Waals surface area contributed by atoms with Gasteiger partial charge in [-0.2, -0.15) is 0 Å². The minimum Gasteiger partial charge on any atom is -0.484 e. The van der Waals surface area contributed by atoms with E-state index < -0.39 is 0 Å². The summed E-state index contributed by atoms with van der Waals surface area (Å²) in [6.45, 7) is -0.212. The molecule has 92 valence electrons. The summed E-state index contributed by atoms with van der Waals surface area (Å²) in [4.78, 5) is 22.1. The van der Waals surface area contributed by atoms with Crippen molar-refractivity contribution in [1.82, 2.24) is 10.6 Å². The van der Waals surface area contributed by atoms with Crippen molar-refractivity contribution in [2.24, 2.45) is 0 Å². The van der Waals surface area contributed by atoms with Crippen molar-refractivity contribution < 1.29 is 14.3 Å². The molecule has 0 bridgehead atoms. The minimum absolute atomic E-state index is 0.0599. The topological polar surface area (TPSA) is 93.5 Å². The van der Waals surface area contributed by atoms with Gasteiger partial charge in [0.2, 0.25) is 5.91 Å². The summed E-state index contributed by atoms with van der Waals surface area (Å²) in [6, 6.07) is 6.76. The minimum atomic E-state index is -0.365. The first-order valence-corrected chi connectivity index (χ1v) is 5.07. The molecule has 0 radical (unpaired) electrons. The molecule has 1 aromatic rings. The van der Waals surface area contributed by atoms with Crippen LogP contribution in [0.15, 0.2) is 24.3 Å². The third-order valence-corrected chi connectivity index (χ3v) is 1.95. The van der Waals surface area contributed by atoms with Crippen LogP contribution in [0, 0.1) is 0 Å². The van der Waals surface area contributed by atoms with Gasteiger partial charge in [0.1, 0.15) is 5.75 Å². The Labute approximate surface area is 99.1 Å². The van der Waals surface area contributed by atoms with Gasteiger partial charge in [-0.3, -0.25) is 9.59 Å². The lowest BCUT2D eigenvalue weighted by Crippen LogP contribution is -2.37. The number of carbonyl (C=O) groups excluding carboxylic acids is 2. The second-order valence-electron chi connectivity index (χ2n) is 3.31. The van der Waals surface area contributed by atoms with Gasteiger partial charge in [-0.15, -0.1) is 0 Å². The van der Waals surface area contributed by atoms with Gasteiger partial charge >= 0.3 is 0 Å². The Kier molecular flexibility index (Phi) is 4.80. The Morgan fingerprint density at radius 3 is 2.76 bits per heavy atom. The Hall–Kier alpha value is -2.24. The number of anilines is 1. The van der Waals surface area contributed by atoms with Gasteiger partial charge in [0.05, 0.1) is 6.54 Å². The largest absolute Gasteiger partial charge is 0.484 e. The van der Waals surface area contributed by atoms with Gasteiger partial charge in [-0.05, 0) is 12.1 Å². The first-order chi connectivity index (χ1) is 8.11. The molecule has 17 heavy (non-hydrogen) atoms. The maximum atomic E-state index is 11.3. The van der Waals surface area contributed by atoms with Crippen LogP contribution in [-0.4, -0.2) is 32.0 Å². The molecule has 1 rings (SSSR count). The molecule has 0 fully saturated rings. The predicted octanol–water partition coefficient (Wildman–Crippen LogP) is -0.490. The molecule has 0 aliphatic rings. The van der Waals surface area contributed by atoms with Crippen molar-refractivity contribution in [2.75, 3.05) is 25.9 Å². The van der Waals surface area contributed by atoms with Crippen LogP contribution in [0.1, 0.15) is 0 Å². The van der Waals surface area contributed by atoms with Crippen LogP contribution in [0.25, 0.3) is 0 Å². The molecule has 0 aliphatic carbocycles. The van der Waals surface area contributed by atoms with Crippen LogP contribution in [0.2, 0.25) is 0 Å². The van der Waals surface area contributed by atoms with Crippen molar-refractivity contribution in [2.45, 2.75) is 0 Å². The van der Waals surface area contributed by atoms with E-state index in [-0.39, 0.29) is 25.0 Å². The average Bonchev–Trinajstić information content (AvgIpc) is 2.33. The summed E-state index contributed by atoms with van der Waals surface area (Å²) in [5.74, 6) is -0.113. The number of nitrogens with two attached hydrogens (primary N) is 1. The molecule has 0 spiro atoms. The Morgan fingerprint density at radius 1 is 1.35 bits per heavy atom. The zero-order valence-corrected chi connectivity index (χ0v) is 9.53. The number of carbonyl (C=O) groups is 2. The van der Waals surface area contributed by atoms with Crippen LogP contribution < -0.4 is 21.1 Å². The predicted molar refractivity (Wildman–Crippen MR) is 63.4 cm³/mol. The van der Waals surface area contributed by atoms with Crippen molar-refractivity contribution in [3.05, 3.63) is 24.3 Å². The van der Waals surface area contributed by atoms with Crippen molar-refractivity contribution >= 4 is 17.5 Å². The van der Waals surface area contributed by atoms with E-state index in [1.165, 1.54) is 7.05 Å². The molecular formula is C11H15N3O3. The number of nitrogens with one attached hydrogen (secondary N) is 2. The fraction of sp³-hybridized carbons (Fsp3) is 0.273. The molecular weight excluding hydrogens is 222 g/mol. The van der Waals surface area contributed by atoms with Gasteiger partial charge in [0.25, 0.3) is 5.91 Å². The van der Waals surface area contributed by atoms with E-state index in [4.69, 9.17) is 10.5 Å². The number of amides is 2. The zero-order valence-electron chi connectivity index (χ0n) is 9.53. The molecule has 4 N–H and O–H groups in total. The van der Waals surface area contributed by atoms with E-state index in [9.17, 15) is 9.59 Å². The third-order valence-electron chi connectivity index (χ3n) is 1.95. The molecule has 0 saturated heterocycles. The molecule has 1 aromatic carbocycles. The SMILES string of the molecule is CNC(=O)CNC(=O)COc1cccc(N)c1. The number of benzene rings is 1. The smallest absolute Gasteiger partial charge is 0.258 e. The first kappa shape index (κ1) is 12.8. The number of ether oxygens (including phenoxy) is 1. The van der Waals surface area contributed by atoms with Crippen molar-refractivity contribution in [1.29, 1.82) is 0 Å². The van der Waals surface area contributed by atoms with Crippen LogP contribution in [-0.2, 0) is 9.59 Å². The number of likely N-dealkylation sites (N-methyl/N-ethyl adjacent to an activating group) is 1. The van der Waals surface area contributed by atoms with Gasteiger partial charge in [-0.25, -0.2) is 0 Å². The summed E-state index contributed by atoms with van der Waals surface area (Å²) < 4.78 is 5.19. The van der Waals surface area contributed by atoms with Gasteiger partial charge in [0.15, 0.2) is 6.61 Å². The summed E-state index contributed by atoms with van der Waals surface area (Å²) in [7, 11) is 1.50. The average molecular weight is 237 g/mol. The summed E-state index contributed by atoms with van der Waals surface area (Å²) in [6.07, 6.45) is 0. The number of hydrogen-bond acceptors (Lipinski definition) is 4. The van der Waals surface area contributed by atoms with Crippen LogP contribution in [0.4, 0.5) is 5.69 Å². The Bertz CT molecular complexity index is 407. The van der Waals surface area contributed by atoms with Gasteiger partial charge in [-0.1, -0.05) is 6.07 Å². The highest BCUT2D eigenvalue weighted by atomic mass is 16.5.